The smallest absolute Gasteiger partial charge is 0.378 e. The largest absolute Gasteiger partial charge is 0.408 e. The van der Waals surface area contributed by atoms with E-state index in [1.165, 1.54) is 4.31 Å². The Morgan fingerprint density at radius 3 is 2.76 bits per heavy atom. The van der Waals surface area contributed by atoms with E-state index in [2.05, 4.69) is 10.1 Å². The first-order valence-corrected chi connectivity index (χ1v) is 9.35. The number of alkyl halides is 3. The molecular formula is C13H19F3N4O4S. The van der Waals surface area contributed by atoms with Gasteiger partial charge in [0.05, 0.1) is 19.3 Å². The van der Waals surface area contributed by atoms with Gasteiger partial charge in [0.2, 0.25) is 10.0 Å². The number of rotatable bonds is 4. The lowest BCUT2D eigenvalue weighted by molar-refractivity contribution is -0.142. The van der Waals surface area contributed by atoms with Crippen molar-refractivity contribution in [1.82, 2.24) is 19.1 Å². The first kappa shape index (κ1) is 18.5. The molecule has 2 saturated heterocycles. The van der Waals surface area contributed by atoms with Crippen LogP contribution in [0.15, 0.2) is 6.33 Å². The van der Waals surface area contributed by atoms with Crippen LogP contribution >= 0.6 is 0 Å². The molecule has 2 aliphatic heterocycles. The van der Waals surface area contributed by atoms with E-state index in [-0.39, 0.29) is 25.6 Å². The van der Waals surface area contributed by atoms with Crippen molar-refractivity contribution in [1.29, 1.82) is 0 Å². The number of morpholine rings is 1. The van der Waals surface area contributed by atoms with E-state index in [1.807, 2.05) is 0 Å². The topological polar surface area (TPSA) is 86.5 Å². The van der Waals surface area contributed by atoms with Crippen molar-refractivity contribution in [2.45, 2.75) is 43.5 Å². The highest BCUT2D eigenvalue weighted by Gasteiger charge is 2.44. The van der Waals surface area contributed by atoms with Gasteiger partial charge in [-0.05, 0) is 13.3 Å². The molecule has 2 fully saturated rings. The van der Waals surface area contributed by atoms with E-state index in [0.717, 1.165) is 6.33 Å². The summed E-state index contributed by atoms with van der Waals surface area (Å²) in [5.74, 6) is -0.000839. The van der Waals surface area contributed by atoms with E-state index >= 15 is 0 Å². The standard InChI is InChI=1S/C13H19F3N4O4S/c1-9-11(2-4-24-9)25(21,22)20-3-5-23-6-10(20)12-17-8-19(18-12)7-13(14,15)16/h8-11H,2-7H2,1H3. The summed E-state index contributed by atoms with van der Waals surface area (Å²) in [6, 6.07) is -0.846. The Kier molecular flexibility index (Phi) is 5.06. The molecule has 3 rings (SSSR count). The van der Waals surface area contributed by atoms with Gasteiger partial charge in [-0.1, -0.05) is 0 Å². The highest BCUT2D eigenvalue weighted by Crippen LogP contribution is 2.31. The van der Waals surface area contributed by atoms with Gasteiger partial charge in [0.1, 0.15) is 24.2 Å². The third-order valence-electron chi connectivity index (χ3n) is 4.29. The molecule has 0 radical (unpaired) electrons. The second kappa shape index (κ2) is 6.82. The normalized spacial score (nSPS) is 29.2. The lowest BCUT2D eigenvalue weighted by Crippen LogP contribution is -2.49. The number of sulfonamides is 1. The summed E-state index contributed by atoms with van der Waals surface area (Å²) in [6.07, 6.45) is -3.55. The second-order valence-corrected chi connectivity index (χ2v) is 8.17. The molecule has 0 amide bonds. The number of hydrogen-bond donors (Lipinski definition) is 0. The number of aromatic nitrogens is 3. The Hall–Kier alpha value is -1.24. The van der Waals surface area contributed by atoms with Gasteiger partial charge < -0.3 is 9.47 Å². The molecule has 142 valence electrons. The molecule has 0 bridgehead atoms. The van der Waals surface area contributed by atoms with E-state index in [0.29, 0.717) is 17.7 Å². The van der Waals surface area contributed by atoms with Crippen LogP contribution in [0.5, 0.6) is 0 Å². The second-order valence-electron chi connectivity index (χ2n) is 6.06. The first-order valence-electron chi connectivity index (χ1n) is 7.84. The zero-order chi connectivity index (χ0) is 18.2. The molecule has 0 N–H and O–H groups in total. The predicted octanol–water partition coefficient (Wildman–Crippen LogP) is 0.721. The fourth-order valence-corrected chi connectivity index (χ4v) is 5.24. The van der Waals surface area contributed by atoms with Gasteiger partial charge in [-0.15, -0.1) is 0 Å². The first-order chi connectivity index (χ1) is 11.7. The summed E-state index contributed by atoms with van der Waals surface area (Å²) in [6.45, 7) is 1.08. The van der Waals surface area contributed by atoms with Crippen molar-refractivity contribution in [2.24, 2.45) is 0 Å². The summed E-state index contributed by atoms with van der Waals surface area (Å²) >= 11 is 0. The molecule has 12 heteroatoms. The predicted molar refractivity (Wildman–Crippen MR) is 79.1 cm³/mol. The lowest BCUT2D eigenvalue weighted by atomic mass is 10.2. The zero-order valence-electron chi connectivity index (χ0n) is 13.5. The van der Waals surface area contributed by atoms with Crippen LogP contribution in [0, 0.1) is 0 Å². The summed E-state index contributed by atoms with van der Waals surface area (Å²) in [4.78, 5) is 3.87. The molecule has 0 spiro atoms. The van der Waals surface area contributed by atoms with E-state index in [9.17, 15) is 21.6 Å². The minimum Gasteiger partial charge on any atom is -0.378 e. The molecule has 2 aliphatic rings. The van der Waals surface area contributed by atoms with Crippen LogP contribution in [-0.2, 0) is 26.0 Å². The summed E-state index contributed by atoms with van der Waals surface area (Å²) in [5, 5.41) is 3.11. The highest BCUT2D eigenvalue weighted by atomic mass is 32.2. The van der Waals surface area contributed by atoms with Gasteiger partial charge in [0.25, 0.3) is 0 Å². The monoisotopic (exact) mass is 384 g/mol. The minimum atomic E-state index is -4.43. The number of ether oxygens (including phenoxy) is 2. The maximum Gasteiger partial charge on any atom is 0.408 e. The Morgan fingerprint density at radius 1 is 1.36 bits per heavy atom. The van der Waals surface area contributed by atoms with Gasteiger partial charge in [0.15, 0.2) is 5.82 Å². The molecule has 3 atom stereocenters. The van der Waals surface area contributed by atoms with Gasteiger partial charge in [0, 0.05) is 13.2 Å². The van der Waals surface area contributed by atoms with Crippen molar-refractivity contribution < 1.29 is 31.1 Å². The van der Waals surface area contributed by atoms with Crippen molar-refractivity contribution in [2.75, 3.05) is 26.4 Å². The van der Waals surface area contributed by atoms with E-state index in [4.69, 9.17) is 9.47 Å². The summed E-state index contributed by atoms with van der Waals surface area (Å²) < 4.78 is 75.9. The molecule has 0 aliphatic carbocycles. The van der Waals surface area contributed by atoms with E-state index in [1.54, 1.807) is 6.92 Å². The molecule has 0 aromatic carbocycles. The summed E-state index contributed by atoms with van der Waals surface area (Å²) in [7, 11) is -3.72. The van der Waals surface area contributed by atoms with Crippen LogP contribution in [0.1, 0.15) is 25.2 Å². The molecule has 1 aromatic heterocycles. The number of nitrogens with zero attached hydrogens (tertiary/aromatic N) is 4. The van der Waals surface area contributed by atoms with Gasteiger partial charge in [-0.3, -0.25) is 0 Å². The Morgan fingerprint density at radius 2 is 2.12 bits per heavy atom. The van der Waals surface area contributed by atoms with Crippen molar-refractivity contribution >= 4 is 10.0 Å². The average molecular weight is 384 g/mol. The lowest BCUT2D eigenvalue weighted by Gasteiger charge is -2.35. The summed E-state index contributed by atoms with van der Waals surface area (Å²) in [5.41, 5.74) is 0. The van der Waals surface area contributed by atoms with Crippen LogP contribution in [-0.4, -0.2) is 71.4 Å². The molecule has 8 nitrogen and oxygen atoms in total. The third-order valence-corrected chi connectivity index (χ3v) is 6.76. The highest BCUT2D eigenvalue weighted by molar-refractivity contribution is 7.89. The van der Waals surface area contributed by atoms with Crippen LogP contribution < -0.4 is 0 Å². The van der Waals surface area contributed by atoms with Crippen LogP contribution in [0.25, 0.3) is 0 Å². The molecule has 25 heavy (non-hydrogen) atoms. The maximum absolute atomic E-state index is 13.0. The maximum atomic E-state index is 13.0. The SMILES string of the molecule is CC1OCCC1S(=O)(=O)N1CCOCC1c1ncn(CC(F)(F)F)n1. The Bertz CT molecular complexity index is 708. The van der Waals surface area contributed by atoms with Gasteiger partial charge >= 0.3 is 6.18 Å². The molecule has 0 saturated carbocycles. The van der Waals surface area contributed by atoms with Crippen molar-refractivity contribution in [3.63, 3.8) is 0 Å². The zero-order valence-corrected chi connectivity index (χ0v) is 14.3. The Labute approximate surface area is 143 Å². The van der Waals surface area contributed by atoms with Crippen LogP contribution in [0.2, 0.25) is 0 Å². The molecular weight excluding hydrogens is 365 g/mol. The Balaban J connectivity index is 1.84. The molecule has 3 heterocycles. The minimum absolute atomic E-state index is 0.000839. The van der Waals surface area contributed by atoms with Gasteiger partial charge in [-0.2, -0.15) is 22.6 Å². The van der Waals surface area contributed by atoms with Crippen molar-refractivity contribution in [3.05, 3.63) is 12.2 Å². The van der Waals surface area contributed by atoms with Crippen LogP contribution in [0.4, 0.5) is 13.2 Å². The van der Waals surface area contributed by atoms with Crippen molar-refractivity contribution in [3.8, 4) is 0 Å². The quantitative estimate of drug-likeness (QED) is 0.760. The van der Waals surface area contributed by atoms with Crippen LogP contribution in [0.3, 0.4) is 0 Å². The third kappa shape index (κ3) is 3.96. The average Bonchev–Trinajstić information content (AvgIpc) is 3.15. The van der Waals surface area contributed by atoms with Gasteiger partial charge in [-0.25, -0.2) is 18.1 Å². The van der Waals surface area contributed by atoms with E-state index < -0.39 is 40.1 Å². The number of hydrogen-bond acceptors (Lipinski definition) is 6. The molecule has 1 aromatic rings. The fourth-order valence-electron chi connectivity index (χ4n) is 3.10. The fraction of sp³-hybridized carbons (Fsp3) is 0.846. The number of halogens is 3. The molecule has 3 unspecified atom stereocenters.